The van der Waals surface area contributed by atoms with Crippen LogP contribution in [0.2, 0.25) is 6.32 Å². The predicted octanol–water partition coefficient (Wildman–Crippen LogP) is 1.03. The molecule has 0 aromatic heterocycles. The van der Waals surface area contributed by atoms with Crippen molar-refractivity contribution >= 4 is 24.9 Å². The lowest BCUT2D eigenvalue weighted by molar-refractivity contribution is -0.141. The van der Waals surface area contributed by atoms with Gasteiger partial charge in [0.25, 0.3) is 7.48 Å². The van der Waals surface area contributed by atoms with E-state index in [-0.39, 0.29) is 24.4 Å². The van der Waals surface area contributed by atoms with Gasteiger partial charge in [-0.2, -0.15) is 5.10 Å². The molecule has 0 amide bonds. The van der Waals surface area contributed by atoms with Gasteiger partial charge in [0, 0.05) is 13.5 Å². The summed E-state index contributed by atoms with van der Waals surface area (Å²) in [5, 5.41) is 15.7. The van der Waals surface area contributed by atoms with Gasteiger partial charge < -0.3 is 14.5 Å². The monoisotopic (exact) mass is 327 g/mol. The fourth-order valence-corrected chi connectivity index (χ4v) is 1.33. The Hall–Kier alpha value is -1.41. The van der Waals surface area contributed by atoms with Gasteiger partial charge >= 0.3 is 5.97 Å². The fraction of sp³-hybridized carbons (Fsp3) is 0.800. The van der Waals surface area contributed by atoms with Crippen LogP contribution in [-0.4, -0.2) is 66.5 Å². The number of aliphatic hydroxyl groups is 1. The van der Waals surface area contributed by atoms with Gasteiger partial charge in [0.2, 0.25) is 0 Å². The Labute approximate surface area is 139 Å². The van der Waals surface area contributed by atoms with Crippen molar-refractivity contribution in [1.82, 2.24) is 5.01 Å². The summed E-state index contributed by atoms with van der Waals surface area (Å²) in [6.45, 7) is 10.5. The minimum absolute atomic E-state index is 0.0280. The summed E-state index contributed by atoms with van der Waals surface area (Å²) >= 11 is 0. The Kier molecular flexibility index (Phi) is 8.48. The first-order valence-corrected chi connectivity index (χ1v) is 7.56. The topological polar surface area (TPSA) is 88.4 Å². The molecule has 1 radical (unpaired) electrons. The Bertz CT molecular complexity index is 444. The average Bonchev–Trinajstić information content (AvgIpc) is 2.43. The highest BCUT2D eigenvalue weighted by Gasteiger charge is 2.35. The molecule has 7 nitrogen and oxygen atoms in total. The maximum absolute atomic E-state index is 11.7. The zero-order valence-electron chi connectivity index (χ0n) is 15.2. The summed E-state index contributed by atoms with van der Waals surface area (Å²) in [6.07, 6.45) is 0.173. The lowest BCUT2D eigenvalue weighted by Gasteiger charge is -2.37. The third kappa shape index (κ3) is 7.61. The Morgan fingerprint density at radius 2 is 1.83 bits per heavy atom. The van der Waals surface area contributed by atoms with Gasteiger partial charge in [0.05, 0.1) is 24.0 Å². The van der Waals surface area contributed by atoms with Gasteiger partial charge in [-0.25, -0.2) is 0 Å². The van der Waals surface area contributed by atoms with Crippen molar-refractivity contribution < 1.29 is 24.1 Å². The molecule has 0 spiro atoms. The van der Waals surface area contributed by atoms with Crippen molar-refractivity contribution in [3.05, 3.63) is 0 Å². The number of ketones is 1. The molecule has 0 saturated carbocycles. The second-order valence-electron chi connectivity index (χ2n) is 6.22. The number of hydrazone groups is 1. The Balaban J connectivity index is 4.84. The van der Waals surface area contributed by atoms with E-state index in [1.54, 1.807) is 27.7 Å². The number of hydrogen-bond donors (Lipinski definition) is 1. The Morgan fingerprint density at radius 1 is 1.26 bits per heavy atom. The van der Waals surface area contributed by atoms with E-state index in [2.05, 4.69) is 9.84 Å². The van der Waals surface area contributed by atoms with E-state index in [9.17, 15) is 14.7 Å². The molecule has 0 heterocycles. The van der Waals surface area contributed by atoms with Crippen molar-refractivity contribution in [2.24, 2.45) is 5.10 Å². The van der Waals surface area contributed by atoms with E-state index in [0.717, 1.165) is 0 Å². The summed E-state index contributed by atoms with van der Waals surface area (Å²) in [6, 6.07) is 0. The molecular weight excluding hydrogens is 299 g/mol. The molecule has 8 heteroatoms. The second-order valence-corrected chi connectivity index (χ2v) is 6.22. The van der Waals surface area contributed by atoms with Crippen LogP contribution in [0.5, 0.6) is 0 Å². The third-order valence-electron chi connectivity index (χ3n) is 3.70. The number of ether oxygens (including phenoxy) is 1. The van der Waals surface area contributed by atoms with E-state index < -0.39 is 17.2 Å². The van der Waals surface area contributed by atoms with Gasteiger partial charge in [-0.15, -0.1) is 0 Å². The largest absolute Gasteiger partial charge is 0.468 e. The molecule has 0 aromatic carbocycles. The molecule has 0 unspecified atom stereocenters. The number of carbonyl (C=O) groups is 2. The lowest BCUT2D eigenvalue weighted by atomic mass is 9.83. The molecule has 0 aliphatic rings. The normalized spacial score (nSPS) is 12.8. The molecular formula is C15H28BN2O5. The van der Waals surface area contributed by atoms with Crippen LogP contribution < -0.4 is 0 Å². The second kappa shape index (κ2) is 9.03. The van der Waals surface area contributed by atoms with Crippen molar-refractivity contribution in [2.45, 2.75) is 59.1 Å². The first-order chi connectivity index (χ1) is 10.4. The van der Waals surface area contributed by atoms with E-state index in [0.29, 0.717) is 6.54 Å². The zero-order valence-corrected chi connectivity index (χ0v) is 15.2. The van der Waals surface area contributed by atoms with Crippen LogP contribution in [0.1, 0.15) is 41.5 Å². The summed E-state index contributed by atoms with van der Waals surface area (Å²) in [5.74, 6) is -0.642. The van der Waals surface area contributed by atoms with Crippen molar-refractivity contribution in [2.75, 3.05) is 20.2 Å². The number of methoxy groups -OCH3 is 1. The highest BCUT2D eigenvalue weighted by atomic mass is 16.5. The summed E-state index contributed by atoms with van der Waals surface area (Å²) in [5.41, 5.74) is -1.59. The SMILES string of the molecule is CCN(CC(=O)OC)/N=C(\C[B]OC(C)(C)C(C)(C)O)C(C)=O. The lowest BCUT2D eigenvalue weighted by Crippen LogP contribution is -2.48. The maximum Gasteiger partial charge on any atom is 0.327 e. The molecule has 0 aromatic rings. The molecule has 23 heavy (non-hydrogen) atoms. The van der Waals surface area contributed by atoms with Crippen LogP contribution in [0.4, 0.5) is 0 Å². The van der Waals surface area contributed by atoms with Crippen molar-refractivity contribution in [3.8, 4) is 0 Å². The smallest absolute Gasteiger partial charge is 0.327 e. The summed E-state index contributed by atoms with van der Waals surface area (Å²) in [4.78, 5) is 23.0. The van der Waals surface area contributed by atoms with Crippen molar-refractivity contribution in [3.63, 3.8) is 0 Å². The molecule has 0 atom stereocenters. The third-order valence-corrected chi connectivity index (χ3v) is 3.70. The fourth-order valence-electron chi connectivity index (χ4n) is 1.33. The first kappa shape index (κ1) is 21.6. The quantitative estimate of drug-likeness (QED) is 0.279. The highest BCUT2D eigenvalue weighted by Crippen LogP contribution is 2.24. The number of carbonyl (C=O) groups excluding carboxylic acids is 2. The molecule has 0 aliphatic heterocycles. The maximum atomic E-state index is 11.7. The van der Waals surface area contributed by atoms with Crippen LogP contribution in [0.3, 0.4) is 0 Å². The van der Waals surface area contributed by atoms with Gasteiger partial charge in [-0.3, -0.25) is 14.6 Å². The molecule has 0 rings (SSSR count). The summed E-state index contributed by atoms with van der Waals surface area (Å²) in [7, 11) is 2.75. The van der Waals surface area contributed by atoms with Crippen LogP contribution in [-0.2, 0) is 19.0 Å². The number of nitrogens with zero attached hydrogens (tertiary/aromatic N) is 2. The molecule has 0 fully saturated rings. The molecule has 0 aliphatic carbocycles. The Morgan fingerprint density at radius 3 is 2.22 bits per heavy atom. The molecule has 131 valence electrons. The number of rotatable bonds is 10. The number of hydrogen-bond acceptors (Lipinski definition) is 7. The van der Waals surface area contributed by atoms with Crippen molar-refractivity contribution in [1.29, 1.82) is 0 Å². The van der Waals surface area contributed by atoms with E-state index in [1.807, 2.05) is 6.92 Å². The van der Waals surface area contributed by atoms with E-state index >= 15 is 0 Å². The van der Waals surface area contributed by atoms with Gasteiger partial charge in [0.1, 0.15) is 6.54 Å². The predicted molar refractivity (Wildman–Crippen MR) is 89.4 cm³/mol. The van der Waals surface area contributed by atoms with Gasteiger partial charge in [0.15, 0.2) is 5.78 Å². The minimum atomic E-state index is -1.04. The van der Waals surface area contributed by atoms with Crippen LogP contribution >= 0.6 is 0 Å². The van der Waals surface area contributed by atoms with E-state index in [4.69, 9.17) is 4.65 Å². The highest BCUT2D eigenvalue weighted by molar-refractivity contribution is 6.50. The molecule has 1 N–H and O–H groups in total. The molecule has 0 bridgehead atoms. The number of esters is 1. The zero-order chi connectivity index (χ0) is 18.3. The van der Waals surface area contributed by atoms with Crippen LogP contribution in [0, 0.1) is 0 Å². The number of likely N-dealkylation sites (N-methyl/N-ethyl adjacent to an activating group) is 1. The average molecular weight is 327 g/mol. The standard InChI is InChI=1S/C15H28BN2O5/c1-8-18(10-13(20)22-7)17-12(11(2)19)9-16-23-15(5,6)14(3,4)21/h21H,8-10H2,1-7H3/b17-12+. The minimum Gasteiger partial charge on any atom is -0.468 e. The first-order valence-electron chi connectivity index (χ1n) is 7.56. The number of Topliss-reactive ketones (excluding diaryl/α,β-unsaturated/α-hetero) is 1. The molecule has 0 saturated heterocycles. The van der Waals surface area contributed by atoms with Crippen LogP contribution in [0.25, 0.3) is 0 Å². The van der Waals surface area contributed by atoms with Gasteiger partial charge in [-0.1, -0.05) is 0 Å². The van der Waals surface area contributed by atoms with E-state index in [1.165, 1.54) is 26.5 Å². The summed E-state index contributed by atoms with van der Waals surface area (Å²) < 4.78 is 10.2. The van der Waals surface area contributed by atoms with Crippen LogP contribution in [0.15, 0.2) is 5.10 Å². The van der Waals surface area contributed by atoms with Gasteiger partial charge in [-0.05, 0) is 40.9 Å².